The van der Waals surface area contributed by atoms with Gasteiger partial charge in [0.15, 0.2) is 0 Å². The number of aromatic nitrogens is 1. The second kappa shape index (κ2) is 3.53. The Morgan fingerprint density at radius 3 is 2.93 bits per heavy atom. The van der Waals surface area contributed by atoms with Gasteiger partial charge >= 0.3 is 6.16 Å². The molecule has 0 aliphatic heterocycles. The van der Waals surface area contributed by atoms with Crippen molar-refractivity contribution >= 4 is 17.1 Å². The molecule has 0 fully saturated rings. The zero-order valence-electron chi connectivity index (χ0n) is 7.98. The minimum atomic E-state index is -1.35. The SMILES string of the molecule is COc1cccc2cc(OC(=O)O)[nH]c12. The fourth-order valence-electron chi connectivity index (χ4n) is 1.42. The minimum Gasteiger partial charge on any atom is -0.495 e. The van der Waals surface area contributed by atoms with Crippen molar-refractivity contribution in [3.05, 3.63) is 24.3 Å². The molecule has 0 spiro atoms. The van der Waals surface area contributed by atoms with E-state index in [2.05, 4.69) is 9.72 Å². The molecular formula is C10H9NO4. The molecule has 0 bridgehead atoms. The second-order valence-electron chi connectivity index (χ2n) is 2.93. The van der Waals surface area contributed by atoms with Gasteiger partial charge in [-0.05, 0) is 6.07 Å². The lowest BCUT2D eigenvalue weighted by molar-refractivity contribution is 0.143. The highest BCUT2D eigenvalue weighted by atomic mass is 16.7. The Bertz CT molecular complexity index is 503. The van der Waals surface area contributed by atoms with E-state index in [1.807, 2.05) is 12.1 Å². The molecular weight excluding hydrogens is 198 g/mol. The minimum absolute atomic E-state index is 0.182. The number of nitrogens with one attached hydrogen (secondary N) is 1. The summed E-state index contributed by atoms with van der Waals surface area (Å²) in [5, 5.41) is 9.28. The molecule has 0 amide bonds. The number of H-pyrrole nitrogens is 1. The van der Waals surface area contributed by atoms with Gasteiger partial charge < -0.3 is 19.6 Å². The first kappa shape index (κ1) is 9.39. The lowest BCUT2D eigenvalue weighted by atomic mass is 10.2. The van der Waals surface area contributed by atoms with E-state index < -0.39 is 6.16 Å². The lowest BCUT2D eigenvalue weighted by Gasteiger charge is -1.99. The Hall–Kier alpha value is -2.17. The van der Waals surface area contributed by atoms with Gasteiger partial charge in [0.2, 0.25) is 5.88 Å². The van der Waals surface area contributed by atoms with Crippen LogP contribution in [0.3, 0.4) is 0 Å². The van der Waals surface area contributed by atoms with E-state index in [-0.39, 0.29) is 5.88 Å². The van der Waals surface area contributed by atoms with Crippen LogP contribution in [0.15, 0.2) is 24.3 Å². The number of fused-ring (bicyclic) bond motifs is 1. The smallest absolute Gasteiger partial charge is 0.495 e. The van der Waals surface area contributed by atoms with Crippen molar-refractivity contribution in [3.63, 3.8) is 0 Å². The van der Waals surface area contributed by atoms with E-state index >= 15 is 0 Å². The third-order valence-electron chi connectivity index (χ3n) is 2.01. The van der Waals surface area contributed by atoms with Crippen molar-refractivity contribution in [3.8, 4) is 11.6 Å². The zero-order chi connectivity index (χ0) is 10.8. The van der Waals surface area contributed by atoms with Gasteiger partial charge in [0.25, 0.3) is 0 Å². The van der Waals surface area contributed by atoms with Crippen LogP contribution in [0.25, 0.3) is 10.9 Å². The number of methoxy groups -OCH3 is 1. The van der Waals surface area contributed by atoms with Crippen LogP contribution in [0.5, 0.6) is 11.6 Å². The van der Waals surface area contributed by atoms with Crippen molar-refractivity contribution in [1.82, 2.24) is 4.98 Å². The van der Waals surface area contributed by atoms with Gasteiger partial charge in [0.05, 0.1) is 12.6 Å². The largest absolute Gasteiger partial charge is 0.512 e. The van der Waals surface area contributed by atoms with Gasteiger partial charge in [0.1, 0.15) is 5.75 Å². The molecule has 0 atom stereocenters. The summed E-state index contributed by atoms with van der Waals surface area (Å²) in [6, 6.07) is 7.04. The highest BCUT2D eigenvalue weighted by molar-refractivity contribution is 5.87. The van der Waals surface area contributed by atoms with Crippen molar-refractivity contribution in [2.45, 2.75) is 0 Å². The fraction of sp³-hybridized carbons (Fsp3) is 0.100. The number of hydrogen-bond donors (Lipinski definition) is 2. The molecule has 1 heterocycles. The highest BCUT2D eigenvalue weighted by Gasteiger charge is 2.08. The van der Waals surface area contributed by atoms with Crippen LogP contribution < -0.4 is 9.47 Å². The van der Waals surface area contributed by atoms with Crippen LogP contribution in [-0.4, -0.2) is 23.4 Å². The number of benzene rings is 1. The Labute approximate surface area is 85.2 Å². The number of aromatic amines is 1. The van der Waals surface area contributed by atoms with E-state index in [0.29, 0.717) is 5.75 Å². The van der Waals surface area contributed by atoms with Gasteiger partial charge in [-0.15, -0.1) is 0 Å². The highest BCUT2D eigenvalue weighted by Crippen LogP contribution is 2.28. The molecule has 5 heteroatoms. The van der Waals surface area contributed by atoms with Gasteiger partial charge in [-0.25, -0.2) is 4.79 Å². The Kier molecular flexibility index (Phi) is 2.21. The monoisotopic (exact) mass is 207 g/mol. The molecule has 0 saturated heterocycles. The van der Waals surface area contributed by atoms with Gasteiger partial charge in [-0.3, -0.25) is 0 Å². The van der Waals surface area contributed by atoms with Crippen LogP contribution in [-0.2, 0) is 0 Å². The molecule has 2 aromatic rings. The molecule has 0 saturated carbocycles. The van der Waals surface area contributed by atoms with Gasteiger partial charge in [-0.2, -0.15) is 0 Å². The summed E-state index contributed by atoms with van der Waals surface area (Å²) in [6.07, 6.45) is -1.35. The number of ether oxygens (including phenoxy) is 2. The van der Waals surface area contributed by atoms with E-state index in [9.17, 15) is 4.79 Å². The standard InChI is InChI=1S/C10H9NO4/c1-14-7-4-2-3-6-5-8(11-9(6)7)15-10(12)13/h2-5,11H,1H3,(H,12,13). The third-order valence-corrected chi connectivity index (χ3v) is 2.01. The summed E-state index contributed by atoms with van der Waals surface area (Å²) in [6.45, 7) is 0. The van der Waals surface area contributed by atoms with Crippen LogP contribution >= 0.6 is 0 Å². The van der Waals surface area contributed by atoms with E-state index in [1.165, 1.54) is 0 Å². The number of carboxylic acid groups (broad SMARTS) is 1. The Morgan fingerprint density at radius 2 is 2.27 bits per heavy atom. The molecule has 0 aliphatic carbocycles. The molecule has 15 heavy (non-hydrogen) atoms. The van der Waals surface area contributed by atoms with Gasteiger partial charge in [0, 0.05) is 11.5 Å². The van der Waals surface area contributed by atoms with E-state index in [4.69, 9.17) is 9.84 Å². The molecule has 0 aliphatic rings. The van der Waals surface area contributed by atoms with Crippen molar-refractivity contribution < 1.29 is 19.4 Å². The molecule has 0 radical (unpaired) electrons. The summed E-state index contributed by atoms with van der Waals surface area (Å²) in [5.74, 6) is 0.828. The van der Waals surface area contributed by atoms with Crippen molar-refractivity contribution in [2.24, 2.45) is 0 Å². The Balaban J connectivity index is 2.50. The molecule has 2 rings (SSSR count). The average molecular weight is 207 g/mol. The number of carbonyl (C=O) groups is 1. The molecule has 1 aromatic heterocycles. The second-order valence-corrected chi connectivity index (χ2v) is 2.93. The summed E-state index contributed by atoms with van der Waals surface area (Å²) in [7, 11) is 1.55. The third kappa shape index (κ3) is 1.71. The normalized spacial score (nSPS) is 10.2. The fourth-order valence-corrected chi connectivity index (χ4v) is 1.42. The molecule has 2 N–H and O–H groups in total. The predicted molar refractivity (Wildman–Crippen MR) is 53.5 cm³/mol. The first-order valence-corrected chi connectivity index (χ1v) is 4.27. The maximum absolute atomic E-state index is 10.3. The maximum atomic E-state index is 10.3. The predicted octanol–water partition coefficient (Wildman–Crippen LogP) is 2.23. The summed E-state index contributed by atoms with van der Waals surface area (Å²) in [5.41, 5.74) is 0.719. The molecule has 78 valence electrons. The topological polar surface area (TPSA) is 71.6 Å². The first-order chi connectivity index (χ1) is 7.20. The Morgan fingerprint density at radius 1 is 1.47 bits per heavy atom. The van der Waals surface area contributed by atoms with Gasteiger partial charge in [-0.1, -0.05) is 12.1 Å². The quantitative estimate of drug-likeness (QED) is 0.740. The molecule has 0 unspecified atom stereocenters. The average Bonchev–Trinajstić information content (AvgIpc) is 2.58. The van der Waals surface area contributed by atoms with Crippen LogP contribution in [0.1, 0.15) is 0 Å². The summed E-state index contributed by atoms with van der Waals surface area (Å²) < 4.78 is 9.62. The summed E-state index contributed by atoms with van der Waals surface area (Å²) >= 11 is 0. The first-order valence-electron chi connectivity index (χ1n) is 4.27. The number of rotatable bonds is 2. The maximum Gasteiger partial charge on any atom is 0.512 e. The van der Waals surface area contributed by atoms with Crippen molar-refractivity contribution in [1.29, 1.82) is 0 Å². The van der Waals surface area contributed by atoms with Crippen LogP contribution in [0.4, 0.5) is 4.79 Å². The van der Waals surface area contributed by atoms with Crippen LogP contribution in [0.2, 0.25) is 0 Å². The lowest BCUT2D eigenvalue weighted by Crippen LogP contribution is -2.02. The van der Waals surface area contributed by atoms with Crippen LogP contribution in [0, 0.1) is 0 Å². The molecule has 5 nitrogen and oxygen atoms in total. The van der Waals surface area contributed by atoms with E-state index in [1.54, 1.807) is 19.2 Å². The number of hydrogen-bond acceptors (Lipinski definition) is 3. The van der Waals surface area contributed by atoms with Crippen molar-refractivity contribution in [2.75, 3.05) is 7.11 Å². The zero-order valence-corrected chi connectivity index (χ0v) is 7.98. The molecule has 1 aromatic carbocycles. The number of para-hydroxylation sites is 1. The van der Waals surface area contributed by atoms with E-state index in [0.717, 1.165) is 10.9 Å². The summed E-state index contributed by atoms with van der Waals surface area (Å²) in [4.78, 5) is 13.1.